The highest BCUT2D eigenvalue weighted by atomic mass is 32.2. The van der Waals surface area contributed by atoms with Crippen molar-refractivity contribution in [2.45, 2.75) is 30.6 Å². The maximum atomic E-state index is 13.5. The molecule has 0 N–H and O–H groups in total. The van der Waals surface area contributed by atoms with Crippen molar-refractivity contribution in [1.82, 2.24) is 0 Å². The highest BCUT2D eigenvalue weighted by Gasteiger charge is 2.40. The average molecular weight is 389 g/mol. The monoisotopic (exact) mass is 389 g/mol. The summed E-state index contributed by atoms with van der Waals surface area (Å²) in [5, 5.41) is 0.611. The number of fused-ring (bicyclic) bond motifs is 4. The normalized spacial score (nSPS) is 14.8. The summed E-state index contributed by atoms with van der Waals surface area (Å²) in [6, 6.07) is 18.6. The van der Waals surface area contributed by atoms with E-state index in [1.54, 1.807) is 24.3 Å². The van der Waals surface area contributed by atoms with Crippen LogP contribution in [0.4, 0.5) is 17.3 Å². The molecule has 0 spiro atoms. The second kappa shape index (κ2) is 5.72. The van der Waals surface area contributed by atoms with E-state index in [9.17, 15) is 8.42 Å². The van der Waals surface area contributed by atoms with Crippen molar-refractivity contribution >= 4 is 38.1 Å². The SMILES string of the molecule is Cc1cc(C)c(N2c3ccccc3S(=O)(=O)c3c2oc2ccccc32)c(C)c1. The van der Waals surface area contributed by atoms with E-state index in [0.717, 1.165) is 16.8 Å². The maximum Gasteiger partial charge on any atom is 0.225 e. The number of hydrogen-bond acceptors (Lipinski definition) is 4. The number of rotatable bonds is 1. The largest absolute Gasteiger partial charge is 0.438 e. The van der Waals surface area contributed by atoms with E-state index in [1.807, 2.05) is 43.0 Å². The smallest absolute Gasteiger partial charge is 0.225 e. The number of para-hydroxylation sites is 2. The standard InChI is InChI=1S/C23H19NO3S/c1-14-12-15(2)21(16(3)13-14)24-18-9-5-7-11-20(18)28(25,26)22-17-8-4-6-10-19(17)27-23(22)24/h4-13H,1-3H3. The minimum atomic E-state index is -3.69. The predicted octanol–water partition coefficient (Wildman–Crippen LogP) is 5.97. The van der Waals surface area contributed by atoms with Gasteiger partial charge in [-0.1, -0.05) is 42.0 Å². The number of anilines is 3. The van der Waals surface area contributed by atoms with Crippen molar-refractivity contribution in [1.29, 1.82) is 0 Å². The van der Waals surface area contributed by atoms with Gasteiger partial charge in [0.15, 0.2) is 0 Å². The summed E-state index contributed by atoms with van der Waals surface area (Å²) < 4.78 is 33.1. The molecule has 0 amide bonds. The number of benzene rings is 3. The minimum absolute atomic E-state index is 0.237. The van der Waals surface area contributed by atoms with E-state index < -0.39 is 9.84 Å². The summed E-state index contributed by atoms with van der Waals surface area (Å²) in [7, 11) is -3.69. The third-order valence-electron chi connectivity index (χ3n) is 5.26. The molecule has 0 saturated carbocycles. The molecule has 3 aromatic carbocycles. The Morgan fingerprint density at radius 2 is 1.50 bits per heavy atom. The Morgan fingerprint density at radius 1 is 0.857 bits per heavy atom. The van der Waals surface area contributed by atoms with E-state index >= 15 is 0 Å². The fourth-order valence-electron chi connectivity index (χ4n) is 4.25. The Bertz CT molecular complexity index is 1340. The van der Waals surface area contributed by atoms with Crippen molar-refractivity contribution in [2.75, 3.05) is 4.90 Å². The zero-order valence-corrected chi connectivity index (χ0v) is 16.7. The van der Waals surface area contributed by atoms with Gasteiger partial charge >= 0.3 is 0 Å². The molecule has 5 heteroatoms. The molecule has 28 heavy (non-hydrogen) atoms. The highest BCUT2D eigenvalue weighted by Crippen LogP contribution is 2.52. The van der Waals surface area contributed by atoms with Crippen LogP contribution in [-0.4, -0.2) is 8.42 Å². The summed E-state index contributed by atoms with van der Waals surface area (Å²) in [6.45, 7) is 6.15. The molecule has 0 saturated heterocycles. The van der Waals surface area contributed by atoms with Gasteiger partial charge in [-0.15, -0.1) is 0 Å². The molecule has 1 aliphatic rings. The summed E-state index contributed by atoms with van der Waals surface area (Å²) in [6.07, 6.45) is 0. The number of nitrogens with zero attached hydrogens (tertiary/aromatic N) is 1. The van der Waals surface area contributed by atoms with Crippen LogP contribution in [0.2, 0.25) is 0 Å². The van der Waals surface area contributed by atoms with Gasteiger partial charge in [-0.3, -0.25) is 4.90 Å². The Hall–Kier alpha value is -3.05. The maximum absolute atomic E-state index is 13.5. The third kappa shape index (κ3) is 2.20. The van der Waals surface area contributed by atoms with E-state index in [0.29, 0.717) is 27.4 Å². The van der Waals surface area contributed by atoms with Gasteiger partial charge in [0, 0.05) is 5.39 Å². The van der Waals surface area contributed by atoms with Crippen LogP contribution in [0.1, 0.15) is 16.7 Å². The number of aryl methyl sites for hydroxylation is 3. The summed E-state index contributed by atoms with van der Waals surface area (Å²) >= 11 is 0. The molecule has 5 rings (SSSR count). The first kappa shape index (κ1) is 17.1. The molecule has 1 aliphatic heterocycles. The Labute approximate surface area is 163 Å². The van der Waals surface area contributed by atoms with Gasteiger partial charge < -0.3 is 4.42 Å². The van der Waals surface area contributed by atoms with E-state index in [4.69, 9.17) is 4.42 Å². The van der Waals surface area contributed by atoms with E-state index in [-0.39, 0.29) is 4.90 Å². The lowest BCUT2D eigenvalue weighted by molar-refractivity contribution is 0.580. The van der Waals surface area contributed by atoms with Crippen molar-refractivity contribution in [2.24, 2.45) is 0 Å². The molecular formula is C23H19NO3S. The Morgan fingerprint density at radius 3 is 2.25 bits per heavy atom. The molecule has 4 nitrogen and oxygen atoms in total. The van der Waals surface area contributed by atoms with Crippen LogP contribution < -0.4 is 4.90 Å². The molecular weight excluding hydrogens is 370 g/mol. The van der Waals surface area contributed by atoms with Crippen molar-refractivity contribution in [3.8, 4) is 0 Å². The van der Waals surface area contributed by atoms with Crippen LogP contribution in [0.25, 0.3) is 11.0 Å². The number of hydrogen-bond donors (Lipinski definition) is 0. The first-order valence-corrected chi connectivity index (χ1v) is 10.6. The summed E-state index contributed by atoms with van der Waals surface area (Å²) in [4.78, 5) is 2.49. The predicted molar refractivity (Wildman–Crippen MR) is 111 cm³/mol. The molecule has 0 radical (unpaired) electrons. The Kier molecular flexibility index (Phi) is 3.49. The molecule has 140 valence electrons. The van der Waals surface area contributed by atoms with Crippen LogP contribution in [0, 0.1) is 20.8 Å². The van der Waals surface area contributed by atoms with Crippen LogP contribution in [0.3, 0.4) is 0 Å². The molecule has 1 aromatic heterocycles. The third-order valence-corrected chi connectivity index (χ3v) is 7.12. The van der Waals surface area contributed by atoms with Gasteiger partial charge in [-0.05, 0) is 56.2 Å². The van der Waals surface area contributed by atoms with Crippen molar-refractivity contribution in [3.05, 3.63) is 77.4 Å². The van der Waals surface area contributed by atoms with E-state index in [1.165, 1.54) is 5.56 Å². The highest BCUT2D eigenvalue weighted by molar-refractivity contribution is 7.92. The van der Waals surface area contributed by atoms with Crippen LogP contribution >= 0.6 is 0 Å². The first-order chi connectivity index (χ1) is 13.4. The van der Waals surface area contributed by atoms with Crippen LogP contribution in [-0.2, 0) is 9.84 Å². The lowest BCUT2D eigenvalue weighted by atomic mass is 10.0. The van der Waals surface area contributed by atoms with Crippen LogP contribution in [0.5, 0.6) is 0 Å². The number of sulfone groups is 1. The molecule has 2 heterocycles. The first-order valence-electron chi connectivity index (χ1n) is 9.13. The van der Waals surface area contributed by atoms with Gasteiger partial charge in [0.1, 0.15) is 10.5 Å². The summed E-state index contributed by atoms with van der Waals surface area (Å²) in [5.41, 5.74) is 5.44. The van der Waals surface area contributed by atoms with Gasteiger partial charge in [0.05, 0.1) is 16.3 Å². The second-order valence-electron chi connectivity index (χ2n) is 7.29. The fraction of sp³-hybridized carbons (Fsp3) is 0.130. The lowest BCUT2D eigenvalue weighted by Gasteiger charge is -2.31. The topological polar surface area (TPSA) is 50.5 Å². The molecule has 0 fully saturated rings. The van der Waals surface area contributed by atoms with Gasteiger partial charge in [0.2, 0.25) is 15.7 Å². The zero-order chi connectivity index (χ0) is 19.6. The molecule has 0 aliphatic carbocycles. The molecule has 0 atom stereocenters. The summed E-state index contributed by atoms with van der Waals surface area (Å²) in [5.74, 6) is 0.356. The van der Waals surface area contributed by atoms with Crippen molar-refractivity contribution < 1.29 is 12.8 Å². The second-order valence-corrected chi connectivity index (χ2v) is 9.14. The zero-order valence-electron chi connectivity index (χ0n) is 15.9. The fourth-order valence-corrected chi connectivity index (χ4v) is 5.98. The Balaban J connectivity index is 1.96. The van der Waals surface area contributed by atoms with Crippen LogP contribution in [0.15, 0.2) is 74.9 Å². The van der Waals surface area contributed by atoms with E-state index in [2.05, 4.69) is 19.1 Å². The van der Waals surface area contributed by atoms with Gasteiger partial charge in [-0.2, -0.15) is 0 Å². The van der Waals surface area contributed by atoms with Crippen molar-refractivity contribution in [3.63, 3.8) is 0 Å². The average Bonchev–Trinajstić information content (AvgIpc) is 3.04. The quantitative estimate of drug-likeness (QED) is 0.354. The molecule has 4 aromatic rings. The lowest BCUT2D eigenvalue weighted by Crippen LogP contribution is -2.22. The van der Waals surface area contributed by atoms with Gasteiger partial charge in [0.25, 0.3) is 0 Å². The minimum Gasteiger partial charge on any atom is -0.438 e. The molecule has 0 bridgehead atoms. The van der Waals surface area contributed by atoms with Gasteiger partial charge in [-0.25, -0.2) is 8.42 Å². The molecule has 0 unspecified atom stereocenters. The number of furan rings is 1.